The van der Waals surface area contributed by atoms with Gasteiger partial charge in [-0.3, -0.25) is 0 Å². The molecule has 26 heavy (non-hydrogen) atoms. The molecule has 1 amide bonds. The quantitative estimate of drug-likeness (QED) is 0.625. The first-order chi connectivity index (χ1) is 12.2. The minimum absolute atomic E-state index is 0.161. The Hall–Kier alpha value is -1.81. The molecule has 0 saturated carbocycles. The molecule has 2 atom stereocenters. The lowest BCUT2D eigenvalue weighted by atomic mass is 9.71. The predicted octanol–water partition coefficient (Wildman–Crippen LogP) is 5.74. The van der Waals surface area contributed by atoms with Crippen molar-refractivity contribution in [1.29, 1.82) is 0 Å². The molecule has 138 valence electrons. The number of benzene rings is 2. The van der Waals surface area contributed by atoms with Crippen molar-refractivity contribution in [3.63, 3.8) is 0 Å². The highest BCUT2D eigenvalue weighted by molar-refractivity contribution is 9.10. The summed E-state index contributed by atoms with van der Waals surface area (Å²) in [4.78, 5) is 14.6. The highest BCUT2D eigenvalue weighted by atomic mass is 79.9. The van der Waals surface area contributed by atoms with Gasteiger partial charge >= 0.3 is 6.09 Å². The summed E-state index contributed by atoms with van der Waals surface area (Å²) in [6.07, 6.45) is -0.237. The van der Waals surface area contributed by atoms with Gasteiger partial charge in [0.25, 0.3) is 0 Å². The third-order valence-electron chi connectivity index (χ3n) is 5.05. The average Bonchev–Trinajstić information content (AvgIpc) is 2.94. The van der Waals surface area contributed by atoms with Gasteiger partial charge in [-0.05, 0) is 44.0 Å². The molecule has 1 saturated heterocycles. The van der Waals surface area contributed by atoms with E-state index in [1.54, 1.807) is 0 Å². The molecule has 0 aliphatic carbocycles. The Morgan fingerprint density at radius 2 is 1.73 bits per heavy atom. The summed E-state index contributed by atoms with van der Waals surface area (Å²) >= 11 is 3.51. The van der Waals surface area contributed by atoms with Crippen LogP contribution in [0.3, 0.4) is 0 Å². The number of rotatable bonds is 2. The monoisotopic (exact) mass is 415 g/mol. The molecule has 1 fully saturated rings. The van der Waals surface area contributed by atoms with Crippen molar-refractivity contribution in [1.82, 2.24) is 4.90 Å². The maximum Gasteiger partial charge on any atom is 0.410 e. The van der Waals surface area contributed by atoms with Crippen LogP contribution in [0.25, 0.3) is 0 Å². The molecule has 1 heterocycles. The fourth-order valence-electron chi connectivity index (χ4n) is 3.74. The number of hydrogen-bond acceptors (Lipinski definition) is 2. The number of halogens is 1. The van der Waals surface area contributed by atoms with Crippen LogP contribution in [-0.4, -0.2) is 29.7 Å². The summed E-state index contributed by atoms with van der Waals surface area (Å²) in [5.41, 5.74) is 1.84. The number of hydrogen-bond donors (Lipinski definition) is 0. The van der Waals surface area contributed by atoms with Crippen LogP contribution in [-0.2, 0) is 10.2 Å². The second kappa shape index (κ2) is 7.07. The zero-order chi connectivity index (χ0) is 18.9. The molecule has 0 spiro atoms. The first kappa shape index (κ1) is 19.0. The smallest absolute Gasteiger partial charge is 0.410 e. The number of carbonyl (C=O) groups is 1. The van der Waals surface area contributed by atoms with Crippen LogP contribution in [0.1, 0.15) is 44.7 Å². The van der Waals surface area contributed by atoms with Crippen molar-refractivity contribution < 1.29 is 9.53 Å². The number of amides is 1. The molecule has 0 bridgehead atoms. The molecule has 1 aliphatic heterocycles. The molecule has 2 aromatic rings. The van der Waals surface area contributed by atoms with E-state index in [1.165, 1.54) is 11.1 Å². The highest BCUT2D eigenvalue weighted by Gasteiger charge is 2.47. The minimum Gasteiger partial charge on any atom is -0.444 e. The Labute approximate surface area is 164 Å². The van der Waals surface area contributed by atoms with E-state index in [9.17, 15) is 4.79 Å². The summed E-state index contributed by atoms with van der Waals surface area (Å²) < 4.78 is 6.69. The fraction of sp³-hybridized carbons (Fsp3) is 0.409. The Morgan fingerprint density at radius 1 is 1.12 bits per heavy atom. The van der Waals surface area contributed by atoms with Gasteiger partial charge in [-0.15, -0.1) is 0 Å². The molecule has 2 aromatic carbocycles. The average molecular weight is 416 g/mol. The fourth-order valence-corrected chi connectivity index (χ4v) is 4.00. The van der Waals surface area contributed by atoms with E-state index in [1.807, 2.05) is 31.7 Å². The number of ether oxygens (including phenoxy) is 1. The molecule has 0 radical (unpaired) electrons. The van der Waals surface area contributed by atoms with Crippen LogP contribution in [0.5, 0.6) is 0 Å². The molecule has 0 aromatic heterocycles. The van der Waals surface area contributed by atoms with Crippen molar-refractivity contribution in [2.75, 3.05) is 13.1 Å². The third-order valence-corrected chi connectivity index (χ3v) is 5.58. The van der Waals surface area contributed by atoms with Gasteiger partial charge in [-0.25, -0.2) is 4.79 Å². The van der Waals surface area contributed by atoms with E-state index >= 15 is 0 Å². The lowest BCUT2D eigenvalue weighted by Crippen LogP contribution is -2.37. The van der Waals surface area contributed by atoms with Crippen LogP contribution in [0, 0.1) is 0 Å². The first-order valence-electron chi connectivity index (χ1n) is 8.98. The van der Waals surface area contributed by atoms with Gasteiger partial charge in [0, 0.05) is 28.9 Å². The van der Waals surface area contributed by atoms with Crippen molar-refractivity contribution in [2.45, 2.75) is 44.6 Å². The maximum atomic E-state index is 12.7. The van der Waals surface area contributed by atoms with Gasteiger partial charge in [0.2, 0.25) is 0 Å². The van der Waals surface area contributed by atoms with Crippen molar-refractivity contribution >= 4 is 22.0 Å². The lowest BCUT2D eigenvalue weighted by molar-refractivity contribution is 0.0284. The van der Waals surface area contributed by atoms with E-state index in [2.05, 4.69) is 71.4 Å². The molecular formula is C22H26BrNO2. The van der Waals surface area contributed by atoms with Gasteiger partial charge in [-0.1, -0.05) is 65.3 Å². The molecule has 3 nitrogen and oxygen atoms in total. The summed E-state index contributed by atoms with van der Waals surface area (Å²) in [5, 5.41) is 0. The van der Waals surface area contributed by atoms with E-state index in [0.29, 0.717) is 13.1 Å². The van der Waals surface area contributed by atoms with Crippen molar-refractivity contribution in [3.8, 4) is 0 Å². The Morgan fingerprint density at radius 3 is 2.31 bits per heavy atom. The van der Waals surface area contributed by atoms with Crippen molar-refractivity contribution in [3.05, 3.63) is 70.2 Å². The van der Waals surface area contributed by atoms with Crippen LogP contribution in [0.2, 0.25) is 0 Å². The van der Waals surface area contributed by atoms with E-state index < -0.39 is 5.60 Å². The van der Waals surface area contributed by atoms with E-state index in [-0.39, 0.29) is 17.4 Å². The van der Waals surface area contributed by atoms with Crippen LogP contribution in [0.4, 0.5) is 4.79 Å². The van der Waals surface area contributed by atoms with E-state index in [4.69, 9.17) is 4.74 Å². The molecule has 0 unspecified atom stereocenters. The second-order valence-electron chi connectivity index (χ2n) is 8.25. The Bertz CT molecular complexity index is 767. The first-order valence-corrected chi connectivity index (χ1v) is 9.77. The summed E-state index contributed by atoms with van der Waals surface area (Å²) in [6, 6.07) is 18.9. The zero-order valence-electron chi connectivity index (χ0n) is 15.8. The van der Waals surface area contributed by atoms with Crippen LogP contribution >= 0.6 is 15.9 Å². The number of nitrogens with zero attached hydrogens (tertiary/aromatic N) is 1. The highest BCUT2D eigenvalue weighted by Crippen LogP contribution is 2.45. The zero-order valence-corrected chi connectivity index (χ0v) is 17.4. The lowest BCUT2D eigenvalue weighted by Gasteiger charge is -2.31. The molecule has 4 heteroatoms. The standard InChI is InChI=1S/C22H26BrNO2/c1-21(2,3)26-20(25)24-14-19(16-10-12-18(23)13-11-16)22(4,15-24)17-8-6-5-7-9-17/h5-13,19H,14-15H2,1-4H3/t19-,22+/m1/s1. The third kappa shape index (κ3) is 3.96. The van der Waals surface area contributed by atoms with Gasteiger partial charge in [-0.2, -0.15) is 0 Å². The van der Waals surface area contributed by atoms with Gasteiger partial charge < -0.3 is 9.64 Å². The summed E-state index contributed by atoms with van der Waals surface area (Å²) in [6.45, 7) is 9.27. The van der Waals surface area contributed by atoms with E-state index in [0.717, 1.165) is 4.47 Å². The van der Waals surface area contributed by atoms with Crippen molar-refractivity contribution in [2.24, 2.45) is 0 Å². The topological polar surface area (TPSA) is 29.5 Å². The summed E-state index contributed by atoms with van der Waals surface area (Å²) in [7, 11) is 0. The molecular weight excluding hydrogens is 390 g/mol. The number of carbonyl (C=O) groups excluding carboxylic acids is 1. The van der Waals surface area contributed by atoms with Gasteiger partial charge in [0.15, 0.2) is 0 Å². The number of likely N-dealkylation sites (tertiary alicyclic amines) is 1. The Kier molecular flexibility index (Phi) is 5.16. The van der Waals surface area contributed by atoms with Gasteiger partial charge in [0.05, 0.1) is 0 Å². The van der Waals surface area contributed by atoms with Crippen LogP contribution in [0.15, 0.2) is 59.1 Å². The maximum absolute atomic E-state index is 12.7. The molecule has 0 N–H and O–H groups in total. The molecule has 1 aliphatic rings. The predicted molar refractivity (Wildman–Crippen MR) is 108 cm³/mol. The summed E-state index contributed by atoms with van der Waals surface area (Å²) in [5.74, 6) is 0.213. The largest absolute Gasteiger partial charge is 0.444 e. The van der Waals surface area contributed by atoms with Crippen LogP contribution < -0.4 is 0 Å². The van der Waals surface area contributed by atoms with Gasteiger partial charge in [0.1, 0.15) is 5.60 Å². The Balaban J connectivity index is 1.96. The SMILES string of the molecule is CC(C)(C)OC(=O)N1C[C@H](c2ccc(Br)cc2)[C@](C)(c2ccccc2)C1. The normalized spacial score (nSPS) is 23.1. The molecule has 3 rings (SSSR count). The second-order valence-corrected chi connectivity index (χ2v) is 9.16. The minimum atomic E-state index is -0.490.